The Balaban J connectivity index is 2.09. The maximum atomic E-state index is 11.6. The van der Waals surface area contributed by atoms with E-state index in [1.807, 2.05) is 0 Å². The van der Waals surface area contributed by atoms with E-state index in [9.17, 15) is 9.59 Å². The van der Waals surface area contributed by atoms with Gasteiger partial charge in [0.05, 0.1) is 6.61 Å². The minimum absolute atomic E-state index is 0.0411. The van der Waals surface area contributed by atoms with Crippen LogP contribution in [-0.2, 0) is 19.1 Å². The maximum absolute atomic E-state index is 11.6. The third kappa shape index (κ3) is 1.85. The number of carbonyl (C=O) groups is 2. The average Bonchev–Trinajstić information content (AvgIpc) is 2.54. The molecule has 1 saturated carbocycles. The number of ether oxygens (including phenoxy) is 2. The van der Waals surface area contributed by atoms with Gasteiger partial charge in [0.15, 0.2) is 5.92 Å². The minimum atomic E-state index is -0.657. The summed E-state index contributed by atoms with van der Waals surface area (Å²) in [6.45, 7) is 2.07. The Bertz CT molecular complexity index is 274. The molecule has 0 unspecified atom stereocenters. The summed E-state index contributed by atoms with van der Waals surface area (Å²) in [5.41, 5.74) is 0. The third-order valence-electron chi connectivity index (χ3n) is 3.24. The summed E-state index contributed by atoms with van der Waals surface area (Å²) >= 11 is 0. The van der Waals surface area contributed by atoms with Crippen LogP contribution in [-0.4, -0.2) is 24.6 Å². The lowest BCUT2D eigenvalue weighted by atomic mass is 9.80. The zero-order chi connectivity index (χ0) is 10.8. The summed E-state index contributed by atoms with van der Waals surface area (Å²) in [5.74, 6) is -1.39. The molecule has 2 rings (SSSR count). The van der Waals surface area contributed by atoms with E-state index < -0.39 is 11.9 Å². The van der Waals surface area contributed by atoms with E-state index in [0.717, 1.165) is 25.7 Å². The first-order valence-corrected chi connectivity index (χ1v) is 5.61. The first kappa shape index (κ1) is 10.5. The smallest absolute Gasteiger partial charge is 0.321 e. The summed E-state index contributed by atoms with van der Waals surface area (Å²) in [4.78, 5) is 23.1. The summed E-state index contributed by atoms with van der Waals surface area (Å²) in [7, 11) is 0. The Labute approximate surface area is 88.9 Å². The molecular formula is C11H16O4. The number of carbonyl (C=O) groups excluding carboxylic acids is 2. The number of fused-ring (bicyclic) bond motifs is 1. The van der Waals surface area contributed by atoms with Crippen LogP contribution in [0.25, 0.3) is 0 Å². The summed E-state index contributed by atoms with van der Waals surface area (Å²) in [5, 5.41) is 0. The average molecular weight is 212 g/mol. The van der Waals surface area contributed by atoms with Crippen LogP contribution in [0, 0.1) is 11.8 Å². The molecule has 2 aliphatic rings. The quantitative estimate of drug-likeness (QED) is 0.511. The van der Waals surface area contributed by atoms with Crippen LogP contribution in [0.4, 0.5) is 0 Å². The van der Waals surface area contributed by atoms with Crippen molar-refractivity contribution in [3.05, 3.63) is 0 Å². The molecule has 0 radical (unpaired) electrons. The SMILES string of the molecule is CCOC(=O)[C@@H]1C(=O)O[C@H]2CCCC[C@@H]12. The van der Waals surface area contributed by atoms with Gasteiger partial charge >= 0.3 is 11.9 Å². The molecule has 0 bridgehead atoms. The van der Waals surface area contributed by atoms with Gasteiger partial charge in [0.2, 0.25) is 0 Å². The minimum Gasteiger partial charge on any atom is -0.465 e. The van der Waals surface area contributed by atoms with Crippen molar-refractivity contribution in [3.63, 3.8) is 0 Å². The van der Waals surface area contributed by atoms with Gasteiger partial charge < -0.3 is 9.47 Å². The Morgan fingerprint density at radius 2 is 2.20 bits per heavy atom. The van der Waals surface area contributed by atoms with E-state index in [1.54, 1.807) is 6.92 Å². The predicted octanol–water partition coefficient (Wildman–Crippen LogP) is 1.28. The lowest BCUT2D eigenvalue weighted by Crippen LogP contribution is -2.31. The van der Waals surface area contributed by atoms with Crippen LogP contribution in [0.2, 0.25) is 0 Å². The fourth-order valence-corrected chi connectivity index (χ4v) is 2.55. The molecule has 15 heavy (non-hydrogen) atoms. The Hall–Kier alpha value is -1.06. The van der Waals surface area contributed by atoms with Gasteiger partial charge in [0.1, 0.15) is 6.10 Å². The first-order valence-electron chi connectivity index (χ1n) is 5.61. The largest absolute Gasteiger partial charge is 0.465 e. The summed E-state index contributed by atoms with van der Waals surface area (Å²) in [6, 6.07) is 0. The Morgan fingerprint density at radius 1 is 1.47 bits per heavy atom. The van der Waals surface area contributed by atoms with Crippen molar-refractivity contribution in [2.45, 2.75) is 38.7 Å². The van der Waals surface area contributed by atoms with Gasteiger partial charge in [-0.05, 0) is 26.2 Å². The monoisotopic (exact) mass is 212 g/mol. The Kier molecular flexibility index (Phi) is 2.93. The molecule has 84 valence electrons. The lowest BCUT2D eigenvalue weighted by molar-refractivity contribution is -0.156. The maximum Gasteiger partial charge on any atom is 0.321 e. The van der Waals surface area contributed by atoms with Crippen LogP contribution in [0.3, 0.4) is 0 Å². The van der Waals surface area contributed by atoms with Crippen LogP contribution >= 0.6 is 0 Å². The van der Waals surface area contributed by atoms with Gasteiger partial charge in [0, 0.05) is 5.92 Å². The number of hydrogen-bond acceptors (Lipinski definition) is 4. The molecule has 4 nitrogen and oxygen atoms in total. The molecule has 0 amide bonds. The molecule has 0 aromatic carbocycles. The van der Waals surface area contributed by atoms with Crippen LogP contribution in [0.1, 0.15) is 32.6 Å². The fourth-order valence-electron chi connectivity index (χ4n) is 2.55. The van der Waals surface area contributed by atoms with E-state index in [1.165, 1.54) is 0 Å². The van der Waals surface area contributed by atoms with E-state index in [0.29, 0.717) is 6.61 Å². The number of hydrogen-bond donors (Lipinski definition) is 0. The van der Waals surface area contributed by atoms with E-state index in [2.05, 4.69) is 0 Å². The molecule has 1 heterocycles. The molecular weight excluding hydrogens is 196 g/mol. The van der Waals surface area contributed by atoms with Crippen molar-refractivity contribution >= 4 is 11.9 Å². The Morgan fingerprint density at radius 3 is 2.93 bits per heavy atom. The van der Waals surface area contributed by atoms with Crippen molar-refractivity contribution in [2.75, 3.05) is 6.61 Å². The summed E-state index contributed by atoms with van der Waals surface area (Å²) in [6.07, 6.45) is 3.92. The molecule has 1 saturated heterocycles. The van der Waals surface area contributed by atoms with Gasteiger partial charge in [-0.2, -0.15) is 0 Å². The fraction of sp³-hybridized carbons (Fsp3) is 0.818. The molecule has 0 aromatic heterocycles. The molecule has 0 aromatic rings. The zero-order valence-electron chi connectivity index (χ0n) is 8.90. The second kappa shape index (κ2) is 4.21. The normalized spacial score (nSPS) is 34.5. The number of esters is 2. The van der Waals surface area contributed by atoms with Gasteiger partial charge in [-0.3, -0.25) is 9.59 Å². The molecule has 2 fully saturated rings. The van der Waals surface area contributed by atoms with Crippen LogP contribution in [0.15, 0.2) is 0 Å². The van der Waals surface area contributed by atoms with Crippen molar-refractivity contribution in [2.24, 2.45) is 11.8 Å². The van der Waals surface area contributed by atoms with Crippen molar-refractivity contribution in [3.8, 4) is 0 Å². The van der Waals surface area contributed by atoms with E-state index >= 15 is 0 Å². The number of rotatable bonds is 2. The standard InChI is InChI=1S/C11H16O4/c1-2-14-10(12)9-7-5-3-4-6-8(7)15-11(9)13/h7-9H,2-6H2,1H3/t7-,8+,9-/m1/s1. The lowest BCUT2D eigenvalue weighted by Gasteiger charge is -2.24. The van der Waals surface area contributed by atoms with E-state index in [-0.39, 0.29) is 18.0 Å². The van der Waals surface area contributed by atoms with Crippen molar-refractivity contribution in [1.29, 1.82) is 0 Å². The predicted molar refractivity (Wildman–Crippen MR) is 52.0 cm³/mol. The molecule has 0 N–H and O–H groups in total. The molecule has 4 heteroatoms. The highest BCUT2D eigenvalue weighted by Gasteiger charge is 2.49. The van der Waals surface area contributed by atoms with E-state index in [4.69, 9.17) is 9.47 Å². The van der Waals surface area contributed by atoms with Crippen LogP contribution in [0.5, 0.6) is 0 Å². The molecule has 3 atom stereocenters. The van der Waals surface area contributed by atoms with Gasteiger partial charge in [0.25, 0.3) is 0 Å². The second-order valence-corrected chi connectivity index (χ2v) is 4.15. The second-order valence-electron chi connectivity index (χ2n) is 4.15. The zero-order valence-corrected chi connectivity index (χ0v) is 8.90. The highest BCUT2D eigenvalue weighted by atomic mass is 16.6. The highest BCUT2D eigenvalue weighted by Crippen LogP contribution is 2.39. The third-order valence-corrected chi connectivity index (χ3v) is 3.24. The molecule has 0 spiro atoms. The van der Waals surface area contributed by atoms with Gasteiger partial charge in [-0.25, -0.2) is 0 Å². The van der Waals surface area contributed by atoms with Gasteiger partial charge in [-0.1, -0.05) is 6.42 Å². The first-order chi connectivity index (χ1) is 7.24. The topological polar surface area (TPSA) is 52.6 Å². The van der Waals surface area contributed by atoms with Gasteiger partial charge in [-0.15, -0.1) is 0 Å². The molecule has 1 aliphatic carbocycles. The van der Waals surface area contributed by atoms with Crippen molar-refractivity contribution in [1.82, 2.24) is 0 Å². The molecule has 1 aliphatic heterocycles. The van der Waals surface area contributed by atoms with Crippen LogP contribution < -0.4 is 0 Å². The van der Waals surface area contributed by atoms with Crippen molar-refractivity contribution < 1.29 is 19.1 Å². The highest BCUT2D eigenvalue weighted by molar-refractivity contribution is 5.96. The summed E-state index contributed by atoms with van der Waals surface area (Å²) < 4.78 is 10.1.